The summed E-state index contributed by atoms with van der Waals surface area (Å²) in [7, 11) is 1.24. The molecule has 2 aromatic rings. The number of carbonyl (C=O) groups is 4. The Kier molecular flexibility index (Phi) is 8.82. The van der Waals surface area contributed by atoms with Crippen LogP contribution in [0.5, 0.6) is 0 Å². The van der Waals surface area contributed by atoms with Gasteiger partial charge in [-0.2, -0.15) is 0 Å². The van der Waals surface area contributed by atoms with Gasteiger partial charge in [0.1, 0.15) is 12.1 Å². The maximum Gasteiger partial charge on any atom is 0.328 e. The van der Waals surface area contributed by atoms with Gasteiger partial charge in [0.05, 0.1) is 28.6 Å². The first kappa shape index (κ1) is 25.9. The van der Waals surface area contributed by atoms with Crippen LogP contribution in [-0.4, -0.2) is 59.4 Å². The van der Waals surface area contributed by atoms with Crippen LogP contribution in [0.3, 0.4) is 0 Å². The molecule has 0 spiro atoms. The zero-order valence-corrected chi connectivity index (χ0v) is 20.8. The van der Waals surface area contributed by atoms with Crippen molar-refractivity contribution in [3.63, 3.8) is 0 Å². The van der Waals surface area contributed by atoms with Gasteiger partial charge in [-0.15, -0.1) is 11.8 Å². The third-order valence-corrected chi connectivity index (χ3v) is 6.88. The van der Waals surface area contributed by atoms with Gasteiger partial charge in [0, 0.05) is 24.8 Å². The van der Waals surface area contributed by atoms with Crippen LogP contribution in [0.25, 0.3) is 0 Å². The molecule has 11 heteroatoms. The molecule has 34 heavy (non-hydrogen) atoms. The summed E-state index contributed by atoms with van der Waals surface area (Å²) in [4.78, 5) is 50.8. The number of halogens is 2. The van der Waals surface area contributed by atoms with Crippen molar-refractivity contribution in [3.05, 3.63) is 63.6 Å². The second kappa shape index (κ2) is 11.6. The van der Waals surface area contributed by atoms with Crippen molar-refractivity contribution in [1.29, 1.82) is 0 Å². The molecule has 1 saturated heterocycles. The van der Waals surface area contributed by atoms with E-state index in [0.29, 0.717) is 17.3 Å². The number of ether oxygens (including phenoxy) is 1. The monoisotopic (exact) mass is 523 g/mol. The first-order chi connectivity index (χ1) is 16.2. The number of nitrogens with one attached hydrogen (secondary N) is 2. The Labute approximate surface area is 211 Å². The quantitative estimate of drug-likeness (QED) is 0.539. The van der Waals surface area contributed by atoms with E-state index in [9.17, 15) is 19.2 Å². The minimum Gasteiger partial charge on any atom is -0.467 e. The van der Waals surface area contributed by atoms with Crippen LogP contribution in [0.2, 0.25) is 10.0 Å². The highest BCUT2D eigenvalue weighted by Gasteiger charge is 2.35. The van der Waals surface area contributed by atoms with Crippen LogP contribution < -0.4 is 10.6 Å². The van der Waals surface area contributed by atoms with Gasteiger partial charge in [-0.05, 0) is 29.8 Å². The molecule has 1 fully saturated rings. The lowest BCUT2D eigenvalue weighted by atomic mass is 10.0. The molecule has 2 N–H and O–H groups in total. The molecule has 3 rings (SSSR count). The van der Waals surface area contributed by atoms with Crippen molar-refractivity contribution in [2.75, 3.05) is 24.1 Å². The van der Waals surface area contributed by atoms with Crippen molar-refractivity contribution in [3.8, 4) is 0 Å². The average molecular weight is 524 g/mol. The molecular weight excluding hydrogens is 501 g/mol. The summed E-state index contributed by atoms with van der Waals surface area (Å²) in [5.41, 5.74) is 1.41. The van der Waals surface area contributed by atoms with E-state index in [4.69, 9.17) is 27.9 Å². The first-order valence-corrected chi connectivity index (χ1v) is 12.2. The van der Waals surface area contributed by atoms with Gasteiger partial charge in [-0.3, -0.25) is 14.4 Å². The number of hydrogen-bond donors (Lipinski definition) is 2. The molecule has 1 aliphatic heterocycles. The van der Waals surface area contributed by atoms with Gasteiger partial charge >= 0.3 is 5.97 Å². The molecule has 3 amide bonds. The Hall–Kier alpha value is -2.75. The fourth-order valence-corrected chi connectivity index (χ4v) is 5.23. The number of thioether (sulfide) groups is 1. The molecule has 1 heterocycles. The average Bonchev–Trinajstić information content (AvgIpc) is 3.30. The normalized spacial score (nSPS) is 16.0. The highest BCUT2D eigenvalue weighted by molar-refractivity contribution is 7.99. The molecule has 0 bridgehead atoms. The van der Waals surface area contributed by atoms with Crippen molar-refractivity contribution in [1.82, 2.24) is 10.2 Å². The van der Waals surface area contributed by atoms with Gasteiger partial charge in [0.2, 0.25) is 11.8 Å². The van der Waals surface area contributed by atoms with Crippen LogP contribution >= 0.6 is 35.0 Å². The number of rotatable bonds is 7. The molecule has 2 atom stereocenters. The van der Waals surface area contributed by atoms with Crippen molar-refractivity contribution >= 4 is 64.3 Å². The number of hydrogen-bond acceptors (Lipinski definition) is 6. The van der Waals surface area contributed by atoms with E-state index in [0.717, 1.165) is 5.56 Å². The van der Waals surface area contributed by atoms with Gasteiger partial charge in [-0.25, -0.2) is 4.79 Å². The Morgan fingerprint density at radius 1 is 1.12 bits per heavy atom. The van der Waals surface area contributed by atoms with E-state index in [1.165, 1.54) is 30.7 Å². The van der Waals surface area contributed by atoms with Crippen molar-refractivity contribution in [2.45, 2.75) is 25.4 Å². The maximum atomic E-state index is 12.8. The van der Waals surface area contributed by atoms with Gasteiger partial charge in [0.15, 0.2) is 0 Å². The van der Waals surface area contributed by atoms with E-state index in [-0.39, 0.29) is 27.9 Å². The summed E-state index contributed by atoms with van der Waals surface area (Å²) in [5, 5.41) is 5.91. The smallest absolute Gasteiger partial charge is 0.328 e. The lowest BCUT2D eigenvalue weighted by molar-refractivity contribution is -0.146. The zero-order chi connectivity index (χ0) is 24.8. The molecule has 0 radical (unpaired) electrons. The second-order valence-electron chi connectivity index (χ2n) is 7.54. The molecule has 1 aliphatic rings. The predicted octanol–water partition coefficient (Wildman–Crippen LogP) is 3.37. The Balaban J connectivity index is 1.67. The first-order valence-electron chi connectivity index (χ1n) is 10.3. The summed E-state index contributed by atoms with van der Waals surface area (Å²) >= 11 is 13.6. The number of esters is 1. The molecule has 2 aromatic carbocycles. The predicted molar refractivity (Wildman–Crippen MR) is 132 cm³/mol. The van der Waals surface area contributed by atoms with Crippen LogP contribution in [0, 0.1) is 0 Å². The van der Waals surface area contributed by atoms with E-state index in [1.807, 2.05) is 0 Å². The highest BCUT2D eigenvalue weighted by atomic mass is 35.5. The third-order valence-electron chi connectivity index (χ3n) is 5.23. The van der Waals surface area contributed by atoms with E-state index < -0.39 is 29.9 Å². The van der Waals surface area contributed by atoms with Crippen LogP contribution in [-0.2, 0) is 25.5 Å². The molecule has 0 unspecified atom stereocenters. The Bertz CT molecular complexity index is 1080. The van der Waals surface area contributed by atoms with Crippen molar-refractivity contribution < 1.29 is 23.9 Å². The fraction of sp³-hybridized carbons (Fsp3) is 0.304. The van der Waals surface area contributed by atoms with Crippen LogP contribution in [0.1, 0.15) is 22.8 Å². The lowest BCUT2D eigenvalue weighted by Crippen LogP contribution is -2.52. The van der Waals surface area contributed by atoms with E-state index >= 15 is 0 Å². The van der Waals surface area contributed by atoms with E-state index in [1.54, 1.807) is 42.5 Å². The number of carbonyl (C=O) groups excluding carboxylic acids is 4. The number of methoxy groups -OCH3 is 1. The Morgan fingerprint density at radius 2 is 1.76 bits per heavy atom. The number of nitrogens with zero attached hydrogens (tertiary/aromatic N) is 1. The van der Waals surface area contributed by atoms with Gasteiger partial charge in [0.25, 0.3) is 5.91 Å². The summed E-state index contributed by atoms with van der Waals surface area (Å²) in [6.45, 7) is 1.41. The number of benzene rings is 2. The maximum absolute atomic E-state index is 12.8. The minimum atomic E-state index is -0.931. The highest BCUT2D eigenvalue weighted by Crippen LogP contribution is 2.25. The van der Waals surface area contributed by atoms with Crippen LogP contribution in [0.4, 0.5) is 5.69 Å². The summed E-state index contributed by atoms with van der Waals surface area (Å²) < 4.78 is 4.85. The topological polar surface area (TPSA) is 105 Å². The molecule has 0 aromatic heterocycles. The fourth-order valence-electron chi connectivity index (χ4n) is 3.44. The number of anilines is 1. The largest absolute Gasteiger partial charge is 0.467 e. The molecule has 180 valence electrons. The van der Waals surface area contributed by atoms with Crippen molar-refractivity contribution in [2.24, 2.45) is 0 Å². The number of amides is 3. The van der Waals surface area contributed by atoms with Gasteiger partial charge in [-0.1, -0.05) is 41.4 Å². The summed E-state index contributed by atoms with van der Waals surface area (Å²) in [6, 6.07) is 10.0. The van der Waals surface area contributed by atoms with E-state index in [2.05, 4.69) is 10.6 Å². The Morgan fingerprint density at radius 3 is 2.35 bits per heavy atom. The minimum absolute atomic E-state index is 0.170. The summed E-state index contributed by atoms with van der Waals surface area (Å²) in [5.74, 6) is -0.760. The second-order valence-corrected chi connectivity index (χ2v) is 9.35. The SMILES string of the molecule is COC(=O)[C@H](Cc1ccc(NC(=O)c2c(Cl)cccc2Cl)cc1)NC(=O)[C@H]1CSCN1C(C)=O. The van der Waals surface area contributed by atoms with Crippen LogP contribution in [0.15, 0.2) is 42.5 Å². The summed E-state index contributed by atoms with van der Waals surface area (Å²) in [6.07, 6.45) is 0.170. The molecule has 0 saturated carbocycles. The molecule has 8 nitrogen and oxygen atoms in total. The third kappa shape index (κ3) is 6.22. The van der Waals surface area contributed by atoms with Gasteiger partial charge < -0.3 is 20.3 Å². The molecular formula is C23H23Cl2N3O5S. The molecule has 0 aliphatic carbocycles. The standard InChI is InChI=1S/C23H23Cl2N3O5S/c1-13(29)28-12-34-11-19(28)21(30)27-18(23(32)33-2)10-14-6-8-15(9-7-14)26-22(31)20-16(24)4-3-5-17(20)25/h3-9,18-19H,10-12H2,1-2H3,(H,26,31)(H,27,30)/t18-,19+/m0/s1. The lowest BCUT2D eigenvalue weighted by Gasteiger charge is -2.24. The zero-order valence-electron chi connectivity index (χ0n) is 18.5.